The Bertz CT molecular complexity index is 970. The second-order valence-corrected chi connectivity index (χ2v) is 6.18. The Labute approximate surface area is 139 Å². The highest BCUT2D eigenvalue weighted by molar-refractivity contribution is 5.81. The van der Waals surface area contributed by atoms with E-state index in [-0.39, 0.29) is 24.2 Å². The number of benzene rings is 2. The van der Waals surface area contributed by atoms with Gasteiger partial charge in [-0.25, -0.2) is 4.79 Å². The van der Waals surface area contributed by atoms with Crippen LogP contribution < -0.4 is 5.69 Å². The number of hydrogen-bond acceptors (Lipinski definition) is 2. The van der Waals surface area contributed by atoms with Crippen LogP contribution >= 0.6 is 0 Å². The molecule has 24 heavy (non-hydrogen) atoms. The number of para-hydroxylation sites is 2. The molecule has 1 unspecified atom stereocenters. The molecule has 1 aliphatic heterocycles. The average molecular weight is 321 g/mol. The van der Waals surface area contributed by atoms with Crippen molar-refractivity contribution in [3.63, 3.8) is 0 Å². The van der Waals surface area contributed by atoms with Crippen molar-refractivity contribution in [3.05, 3.63) is 70.1 Å². The number of carbonyl (C=O) groups is 1. The number of H-pyrrole nitrogens is 1. The molecule has 2 heterocycles. The van der Waals surface area contributed by atoms with Gasteiger partial charge < -0.3 is 9.88 Å². The van der Waals surface area contributed by atoms with Crippen LogP contribution in [0.5, 0.6) is 0 Å². The van der Waals surface area contributed by atoms with Crippen LogP contribution in [0, 0.1) is 0 Å². The van der Waals surface area contributed by atoms with Crippen LogP contribution in [-0.2, 0) is 17.9 Å². The number of aromatic amines is 1. The van der Waals surface area contributed by atoms with Gasteiger partial charge in [0, 0.05) is 6.54 Å². The number of fused-ring (bicyclic) bond motifs is 2. The topological polar surface area (TPSA) is 58.1 Å². The van der Waals surface area contributed by atoms with E-state index >= 15 is 0 Å². The van der Waals surface area contributed by atoms with Gasteiger partial charge in [0.15, 0.2) is 0 Å². The van der Waals surface area contributed by atoms with E-state index < -0.39 is 0 Å². The Morgan fingerprint density at radius 1 is 1.17 bits per heavy atom. The van der Waals surface area contributed by atoms with Crippen molar-refractivity contribution in [1.82, 2.24) is 14.5 Å². The molecular formula is C19H19N3O2. The molecule has 0 bridgehead atoms. The van der Waals surface area contributed by atoms with E-state index in [1.165, 1.54) is 15.7 Å². The van der Waals surface area contributed by atoms with E-state index in [4.69, 9.17) is 0 Å². The summed E-state index contributed by atoms with van der Waals surface area (Å²) >= 11 is 0. The molecule has 122 valence electrons. The van der Waals surface area contributed by atoms with Gasteiger partial charge in [-0.2, -0.15) is 0 Å². The fourth-order valence-corrected chi connectivity index (χ4v) is 3.66. The van der Waals surface area contributed by atoms with Gasteiger partial charge in [-0.15, -0.1) is 0 Å². The first kappa shape index (κ1) is 14.8. The molecule has 1 N–H and O–H groups in total. The molecule has 3 aromatic rings. The first-order valence-corrected chi connectivity index (χ1v) is 8.24. The summed E-state index contributed by atoms with van der Waals surface area (Å²) in [5, 5.41) is 0. The van der Waals surface area contributed by atoms with Crippen molar-refractivity contribution in [1.29, 1.82) is 0 Å². The Morgan fingerprint density at radius 2 is 1.92 bits per heavy atom. The highest BCUT2D eigenvalue weighted by Crippen LogP contribution is 2.35. The minimum absolute atomic E-state index is 0.0232. The van der Waals surface area contributed by atoms with Gasteiger partial charge in [-0.05, 0) is 29.7 Å². The maximum Gasteiger partial charge on any atom is 0.326 e. The van der Waals surface area contributed by atoms with Crippen molar-refractivity contribution in [2.24, 2.45) is 0 Å². The zero-order valence-electron chi connectivity index (χ0n) is 13.5. The highest BCUT2D eigenvalue weighted by atomic mass is 16.2. The van der Waals surface area contributed by atoms with Gasteiger partial charge in [0.25, 0.3) is 0 Å². The van der Waals surface area contributed by atoms with E-state index in [0.29, 0.717) is 6.54 Å². The average Bonchev–Trinajstić information content (AvgIpc) is 3.13. The molecule has 0 saturated carbocycles. The molecule has 1 aliphatic rings. The highest BCUT2D eigenvalue weighted by Gasteiger charge is 2.32. The lowest BCUT2D eigenvalue weighted by Crippen LogP contribution is -2.34. The maximum atomic E-state index is 12.9. The lowest BCUT2D eigenvalue weighted by Gasteiger charge is -2.24. The summed E-state index contributed by atoms with van der Waals surface area (Å²) in [6, 6.07) is 15.7. The Hall–Kier alpha value is -2.82. The molecular weight excluding hydrogens is 302 g/mol. The molecule has 4 rings (SSSR count). The third-order valence-electron chi connectivity index (χ3n) is 4.81. The van der Waals surface area contributed by atoms with Crippen molar-refractivity contribution in [3.8, 4) is 0 Å². The maximum absolute atomic E-state index is 12.9. The Morgan fingerprint density at radius 3 is 2.75 bits per heavy atom. The predicted octanol–water partition coefficient (Wildman–Crippen LogP) is 2.82. The standard InChI is InChI=1S/C19H19N3O2/c1-2-16-14-8-4-3-7-13(14)11-21(16)18(23)12-22-17-10-6-5-9-15(17)20-19(22)24/h3-10,16H,2,11-12H2,1H3,(H,20,24). The zero-order chi connectivity index (χ0) is 16.7. The zero-order valence-corrected chi connectivity index (χ0v) is 13.5. The molecule has 0 fully saturated rings. The van der Waals surface area contributed by atoms with Crippen molar-refractivity contribution in [2.45, 2.75) is 32.5 Å². The van der Waals surface area contributed by atoms with Gasteiger partial charge in [0.05, 0.1) is 17.1 Å². The molecule has 1 atom stereocenters. The van der Waals surface area contributed by atoms with Crippen molar-refractivity contribution in [2.75, 3.05) is 0 Å². The Kier molecular flexibility index (Phi) is 3.49. The van der Waals surface area contributed by atoms with Crippen LogP contribution in [0.4, 0.5) is 0 Å². The molecule has 5 nitrogen and oxygen atoms in total. The van der Waals surface area contributed by atoms with Gasteiger partial charge in [0.1, 0.15) is 6.54 Å². The van der Waals surface area contributed by atoms with Crippen LogP contribution in [0.3, 0.4) is 0 Å². The molecule has 0 radical (unpaired) electrons. The van der Waals surface area contributed by atoms with E-state index in [2.05, 4.69) is 24.0 Å². The monoisotopic (exact) mass is 321 g/mol. The quantitative estimate of drug-likeness (QED) is 0.806. The van der Waals surface area contributed by atoms with Crippen LogP contribution in [0.1, 0.15) is 30.5 Å². The first-order chi connectivity index (χ1) is 11.7. The van der Waals surface area contributed by atoms with Gasteiger partial charge >= 0.3 is 5.69 Å². The van der Waals surface area contributed by atoms with Crippen LogP contribution in [0.25, 0.3) is 11.0 Å². The third-order valence-corrected chi connectivity index (χ3v) is 4.81. The lowest BCUT2D eigenvalue weighted by molar-refractivity contribution is -0.134. The lowest BCUT2D eigenvalue weighted by atomic mass is 10.0. The number of imidazole rings is 1. The van der Waals surface area contributed by atoms with Gasteiger partial charge in [-0.1, -0.05) is 43.3 Å². The van der Waals surface area contributed by atoms with E-state index in [1.54, 1.807) is 0 Å². The van der Waals surface area contributed by atoms with Gasteiger partial charge in [0.2, 0.25) is 5.91 Å². The molecule has 0 aliphatic carbocycles. The summed E-state index contributed by atoms with van der Waals surface area (Å²) < 4.78 is 1.52. The summed E-state index contributed by atoms with van der Waals surface area (Å²) in [5.74, 6) is -0.0232. The van der Waals surface area contributed by atoms with E-state index in [0.717, 1.165) is 17.5 Å². The summed E-state index contributed by atoms with van der Waals surface area (Å²) in [6.07, 6.45) is 0.867. The first-order valence-electron chi connectivity index (χ1n) is 8.24. The predicted molar refractivity (Wildman–Crippen MR) is 92.6 cm³/mol. The SMILES string of the molecule is CCC1c2ccccc2CN1C(=O)Cn1c(=O)[nH]c2ccccc21. The molecule has 2 aromatic carbocycles. The molecule has 0 saturated heterocycles. The number of carbonyl (C=O) groups excluding carboxylic acids is 1. The number of nitrogens with one attached hydrogen (secondary N) is 1. The van der Waals surface area contributed by atoms with Crippen LogP contribution in [0.2, 0.25) is 0 Å². The molecule has 0 spiro atoms. The van der Waals surface area contributed by atoms with Gasteiger partial charge in [-0.3, -0.25) is 9.36 Å². The fraction of sp³-hybridized carbons (Fsp3) is 0.263. The number of nitrogens with zero attached hydrogens (tertiary/aromatic N) is 2. The molecule has 5 heteroatoms. The fourth-order valence-electron chi connectivity index (χ4n) is 3.66. The Balaban J connectivity index is 1.65. The molecule has 1 aromatic heterocycles. The molecule has 1 amide bonds. The third kappa shape index (κ3) is 2.24. The van der Waals surface area contributed by atoms with Crippen molar-refractivity contribution < 1.29 is 4.79 Å². The largest absolute Gasteiger partial charge is 0.330 e. The summed E-state index contributed by atoms with van der Waals surface area (Å²) in [4.78, 5) is 29.8. The summed E-state index contributed by atoms with van der Waals surface area (Å²) in [5.41, 5.74) is 3.70. The number of hydrogen-bond donors (Lipinski definition) is 1. The summed E-state index contributed by atoms with van der Waals surface area (Å²) in [7, 11) is 0. The van der Waals surface area contributed by atoms with E-state index in [9.17, 15) is 9.59 Å². The second kappa shape index (κ2) is 5.67. The van der Waals surface area contributed by atoms with Crippen molar-refractivity contribution >= 4 is 16.9 Å². The second-order valence-electron chi connectivity index (χ2n) is 6.18. The number of rotatable bonds is 3. The summed E-state index contributed by atoms with van der Waals surface area (Å²) in [6.45, 7) is 2.77. The van der Waals surface area contributed by atoms with Crippen LogP contribution in [0.15, 0.2) is 53.3 Å². The number of aromatic nitrogens is 2. The van der Waals surface area contributed by atoms with E-state index in [1.807, 2.05) is 41.3 Å². The van der Waals surface area contributed by atoms with Crippen LogP contribution in [-0.4, -0.2) is 20.4 Å². The number of amides is 1. The minimum Gasteiger partial charge on any atom is -0.330 e. The normalized spacial score (nSPS) is 16.5. The minimum atomic E-state index is -0.241. The smallest absolute Gasteiger partial charge is 0.326 e.